The predicted octanol–water partition coefficient (Wildman–Crippen LogP) is 0.655. The van der Waals surface area contributed by atoms with E-state index in [1.165, 1.54) is 6.92 Å². The molecule has 0 saturated carbocycles. The fraction of sp³-hybridized carbons (Fsp3) is 0.857. The van der Waals surface area contributed by atoms with Gasteiger partial charge >= 0.3 is 0 Å². The first kappa shape index (κ1) is 16.0. The van der Waals surface area contributed by atoms with E-state index >= 15 is 0 Å². The number of piperidine rings is 1. The quantitative estimate of drug-likeness (QED) is 0.736. The average Bonchev–Trinajstić information content (AvgIpc) is 2.34. The molecule has 5 heteroatoms. The Morgan fingerprint density at radius 1 is 1.16 bits per heavy atom. The number of nitrogens with zero attached hydrogens (tertiary/aromatic N) is 3. The molecule has 0 aromatic rings. The number of carbonyl (C=O) groups excluding carboxylic acids is 2. The van der Waals surface area contributed by atoms with Crippen LogP contribution in [-0.4, -0.2) is 73.3 Å². The van der Waals surface area contributed by atoms with Gasteiger partial charge < -0.3 is 14.7 Å². The highest BCUT2D eigenvalue weighted by Crippen LogP contribution is 2.16. The van der Waals surface area contributed by atoms with Gasteiger partial charge in [-0.05, 0) is 32.9 Å². The predicted molar refractivity (Wildman–Crippen MR) is 75.8 cm³/mol. The number of likely N-dealkylation sites (N-methyl/N-ethyl adjacent to an activating group) is 1. The molecule has 1 aliphatic heterocycles. The third-order valence-corrected chi connectivity index (χ3v) is 3.72. The van der Waals surface area contributed by atoms with Gasteiger partial charge in [0.05, 0.1) is 6.54 Å². The van der Waals surface area contributed by atoms with Crippen LogP contribution < -0.4 is 0 Å². The van der Waals surface area contributed by atoms with Crippen LogP contribution in [0, 0.1) is 5.92 Å². The lowest BCUT2D eigenvalue weighted by Gasteiger charge is -2.32. The van der Waals surface area contributed by atoms with Crippen molar-refractivity contribution in [2.45, 2.75) is 26.7 Å². The van der Waals surface area contributed by atoms with Gasteiger partial charge in [-0.1, -0.05) is 6.92 Å². The molecule has 2 amide bonds. The second-order valence-electron chi connectivity index (χ2n) is 5.81. The second kappa shape index (κ2) is 7.48. The van der Waals surface area contributed by atoms with Crippen LogP contribution in [-0.2, 0) is 9.59 Å². The molecule has 5 nitrogen and oxygen atoms in total. The van der Waals surface area contributed by atoms with Crippen LogP contribution in [0.25, 0.3) is 0 Å². The Morgan fingerprint density at radius 2 is 1.74 bits per heavy atom. The van der Waals surface area contributed by atoms with E-state index in [4.69, 9.17) is 0 Å². The van der Waals surface area contributed by atoms with E-state index in [2.05, 4.69) is 6.92 Å². The number of likely N-dealkylation sites (tertiary alicyclic amines) is 1. The molecule has 0 unspecified atom stereocenters. The summed E-state index contributed by atoms with van der Waals surface area (Å²) in [5, 5.41) is 0. The molecule has 0 atom stereocenters. The van der Waals surface area contributed by atoms with Gasteiger partial charge in [-0.3, -0.25) is 9.59 Å². The van der Waals surface area contributed by atoms with Crippen LogP contribution in [0.15, 0.2) is 0 Å². The lowest BCUT2D eigenvalue weighted by molar-refractivity contribution is -0.140. The maximum absolute atomic E-state index is 12.2. The second-order valence-corrected chi connectivity index (χ2v) is 5.81. The minimum atomic E-state index is -0.0272. The van der Waals surface area contributed by atoms with E-state index < -0.39 is 0 Å². The largest absolute Gasteiger partial charge is 0.341 e. The van der Waals surface area contributed by atoms with E-state index in [0.29, 0.717) is 12.5 Å². The number of rotatable bonds is 5. The molecule has 0 radical (unpaired) electrons. The van der Waals surface area contributed by atoms with Gasteiger partial charge in [0, 0.05) is 33.1 Å². The summed E-state index contributed by atoms with van der Waals surface area (Å²) in [5.41, 5.74) is 0. The van der Waals surface area contributed by atoms with E-state index in [1.807, 2.05) is 23.9 Å². The van der Waals surface area contributed by atoms with Gasteiger partial charge in [-0.25, -0.2) is 0 Å². The highest BCUT2D eigenvalue weighted by Gasteiger charge is 2.22. The molecule has 1 heterocycles. The van der Waals surface area contributed by atoms with Crippen molar-refractivity contribution in [3.05, 3.63) is 0 Å². The highest BCUT2D eigenvalue weighted by atomic mass is 16.2. The van der Waals surface area contributed by atoms with Crippen LogP contribution in [0.1, 0.15) is 26.7 Å². The number of carbonyl (C=O) groups is 2. The summed E-state index contributed by atoms with van der Waals surface area (Å²) in [6.45, 7) is 7.03. The first-order valence-electron chi connectivity index (χ1n) is 7.08. The molecule has 0 aromatic heterocycles. The fourth-order valence-corrected chi connectivity index (χ4v) is 2.19. The Balaban J connectivity index is 2.44. The molecule has 1 saturated heterocycles. The molecule has 1 fully saturated rings. The van der Waals surface area contributed by atoms with Gasteiger partial charge in [0.25, 0.3) is 0 Å². The first-order valence-corrected chi connectivity index (χ1v) is 7.08. The zero-order valence-electron chi connectivity index (χ0n) is 12.7. The van der Waals surface area contributed by atoms with Gasteiger partial charge in [0.15, 0.2) is 0 Å². The van der Waals surface area contributed by atoms with Crippen LogP contribution in [0.3, 0.4) is 0 Å². The van der Waals surface area contributed by atoms with E-state index in [0.717, 1.165) is 32.5 Å². The maximum atomic E-state index is 12.2. The fourth-order valence-electron chi connectivity index (χ4n) is 2.19. The Bertz CT molecular complexity index is 310. The zero-order chi connectivity index (χ0) is 14.4. The summed E-state index contributed by atoms with van der Waals surface area (Å²) in [6, 6.07) is 0. The van der Waals surface area contributed by atoms with Crippen molar-refractivity contribution in [2.75, 3.05) is 46.8 Å². The summed E-state index contributed by atoms with van der Waals surface area (Å²) < 4.78 is 0. The minimum absolute atomic E-state index is 0.0272. The molecule has 0 aromatic carbocycles. The summed E-state index contributed by atoms with van der Waals surface area (Å²) in [4.78, 5) is 29.3. The standard InChI is InChI=1S/C14H27N3O2/c1-12-5-7-16(8-6-12)14(19)11-17(13(2)18)10-9-15(3)4/h12H,5-11H2,1-4H3. The topological polar surface area (TPSA) is 43.9 Å². The SMILES string of the molecule is CC(=O)N(CCN(C)C)CC(=O)N1CCC(C)CC1. The van der Waals surface area contributed by atoms with Gasteiger partial charge in [0.2, 0.25) is 11.8 Å². The molecule has 1 rings (SSSR count). The molecule has 0 bridgehead atoms. The van der Waals surface area contributed by atoms with Crippen molar-refractivity contribution < 1.29 is 9.59 Å². The van der Waals surface area contributed by atoms with Crippen molar-refractivity contribution in [3.8, 4) is 0 Å². The molecular formula is C14H27N3O2. The Morgan fingerprint density at radius 3 is 2.21 bits per heavy atom. The molecule has 0 N–H and O–H groups in total. The average molecular weight is 269 g/mol. The third-order valence-electron chi connectivity index (χ3n) is 3.72. The Labute approximate surface area is 116 Å². The van der Waals surface area contributed by atoms with Gasteiger partial charge in [-0.15, -0.1) is 0 Å². The Kier molecular flexibility index (Phi) is 6.28. The zero-order valence-corrected chi connectivity index (χ0v) is 12.7. The minimum Gasteiger partial charge on any atom is -0.341 e. The number of amides is 2. The summed E-state index contributed by atoms with van der Waals surface area (Å²) in [6.07, 6.45) is 2.15. The van der Waals surface area contributed by atoms with Gasteiger partial charge in [0.1, 0.15) is 0 Å². The van der Waals surface area contributed by atoms with Crippen LogP contribution >= 0.6 is 0 Å². The Hall–Kier alpha value is -1.10. The van der Waals surface area contributed by atoms with Crippen molar-refractivity contribution >= 4 is 11.8 Å². The molecule has 0 spiro atoms. The van der Waals surface area contributed by atoms with E-state index in [-0.39, 0.29) is 18.4 Å². The molecular weight excluding hydrogens is 242 g/mol. The molecule has 0 aliphatic carbocycles. The summed E-state index contributed by atoms with van der Waals surface area (Å²) in [5.74, 6) is 0.767. The summed E-state index contributed by atoms with van der Waals surface area (Å²) in [7, 11) is 3.93. The van der Waals surface area contributed by atoms with Crippen LogP contribution in [0.5, 0.6) is 0 Å². The van der Waals surface area contributed by atoms with E-state index in [9.17, 15) is 9.59 Å². The molecule has 1 aliphatic rings. The highest BCUT2D eigenvalue weighted by molar-refractivity contribution is 5.83. The van der Waals surface area contributed by atoms with Crippen molar-refractivity contribution in [2.24, 2.45) is 5.92 Å². The van der Waals surface area contributed by atoms with Crippen molar-refractivity contribution in [3.63, 3.8) is 0 Å². The first-order chi connectivity index (χ1) is 8.90. The number of hydrogen-bond acceptors (Lipinski definition) is 3. The van der Waals surface area contributed by atoms with E-state index in [1.54, 1.807) is 4.90 Å². The smallest absolute Gasteiger partial charge is 0.242 e. The van der Waals surface area contributed by atoms with Crippen molar-refractivity contribution in [1.29, 1.82) is 0 Å². The lowest BCUT2D eigenvalue weighted by Crippen LogP contribution is -2.46. The maximum Gasteiger partial charge on any atom is 0.242 e. The normalized spacial score (nSPS) is 16.8. The number of hydrogen-bond donors (Lipinski definition) is 0. The van der Waals surface area contributed by atoms with Gasteiger partial charge in [-0.2, -0.15) is 0 Å². The molecule has 19 heavy (non-hydrogen) atoms. The summed E-state index contributed by atoms with van der Waals surface area (Å²) >= 11 is 0. The molecule has 110 valence electrons. The van der Waals surface area contributed by atoms with Crippen LogP contribution in [0.2, 0.25) is 0 Å². The van der Waals surface area contributed by atoms with Crippen LogP contribution in [0.4, 0.5) is 0 Å². The monoisotopic (exact) mass is 269 g/mol. The van der Waals surface area contributed by atoms with Crippen molar-refractivity contribution in [1.82, 2.24) is 14.7 Å². The lowest BCUT2D eigenvalue weighted by atomic mass is 9.99. The third kappa shape index (κ3) is 5.59.